The van der Waals surface area contributed by atoms with Gasteiger partial charge in [0.1, 0.15) is 5.15 Å². The zero-order chi connectivity index (χ0) is 19.1. The average Bonchev–Trinajstić information content (AvgIpc) is 2.56. The molecule has 2 N–H and O–H groups in total. The number of halogens is 1. The van der Waals surface area contributed by atoms with Crippen molar-refractivity contribution in [1.29, 1.82) is 0 Å². The van der Waals surface area contributed by atoms with Crippen molar-refractivity contribution < 1.29 is 13.5 Å². The number of aliphatic hydroxyl groups is 1. The van der Waals surface area contributed by atoms with E-state index in [0.717, 1.165) is 22.0 Å². The first kappa shape index (κ1) is 19.4. The van der Waals surface area contributed by atoms with Crippen molar-refractivity contribution in [3.05, 3.63) is 35.1 Å². The summed E-state index contributed by atoms with van der Waals surface area (Å²) < 4.78 is 25.6. The van der Waals surface area contributed by atoms with Gasteiger partial charge < -0.3 is 10.0 Å². The number of benzene rings is 1. The molecule has 0 aliphatic carbocycles. The van der Waals surface area contributed by atoms with Gasteiger partial charge in [-0.1, -0.05) is 24.6 Å². The van der Waals surface area contributed by atoms with Gasteiger partial charge in [0.15, 0.2) is 0 Å². The Kier molecular flexibility index (Phi) is 5.44. The van der Waals surface area contributed by atoms with Gasteiger partial charge in [-0.3, -0.25) is 0 Å². The van der Waals surface area contributed by atoms with Crippen LogP contribution in [0.2, 0.25) is 5.15 Å². The number of hydrogen-bond donors (Lipinski definition) is 2. The fourth-order valence-corrected chi connectivity index (χ4v) is 4.57. The van der Waals surface area contributed by atoms with Crippen LogP contribution in [0.15, 0.2) is 24.4 Å². The summed E-state index contributed by atoms with van der Waals surface area (Å²) in [6.45, 7) is 4.82. The third-order valence-electron chi connectivity index (χ3n) is 5.11. The van der Waals surface area contributed by atoms with Crippen molar-refractivity contribution in [2.24, 2.45) is 0 Å². The molecular formula is C18H24ClN3O3S. The Balaban J connectivity index is 1.97. The predicted octanol–water partition coefficient (Wildman–Crippen LogP) is 2.50. The highest BCUT2D eigenvalue weighted by molar-refractivity contribution is 7.88. The third kappa shape index (κ3) is 3.81. The normalized spacial score (nSPS) is 21.7. The lowest BCUT2D eigenvalue weighted by molar-refractivity contribution is 0.279. The molecule has 3 rings (SSSR count). The van der Waals surface area contributed by atoms with Crippen LogP contribution in [0, 0.1) is 0 Å². The number of aromatic nitrogens is 1. The zero-order valence-electron chi connectivity index (χ0n) is 15.1. The molecule has 142 valence electrons. The van der Waals surface area contributed by atoms with Crippen LogP contribution in [0.1, 0.15) is 31.7 Å². The molecule has 2 aromatic rings. The molecule has 1 fully saturated rings. The molecule has 8 heteroatoms. The summed E-state index contributed by atoms with van der Waals surface area (Å²) in [4.78, 5) is 6.40. The maximum absolute atomic E-state index is 11.5. The van der Waals surface area contributed by atoms with E-state index in [1.54, 1.807) is 6.20 Å². The minimum absolute atomic E-state index is 0.0457. The van der Waals surface area contributed by atoms with Crippen molar-refractivity contribution in [2.75, 3.05) is 24.3 Å². The second-order valence-corrected chi connectivity index (χ2v) is 9.20. The molecule has 26 heavy (non-hydrogen) atoms. The van der Waals surface area contributed by atoms with Crippen LogP contribution in [0.25, 0.3) is 10.8 Å². The molecule has 1 aliphatic heterocycles. The molecule has 0 saturated carbocycles. The lowest BCUT2D eigenvalue weighted by Gasteiger charge is -2.48. The SMILES string of the molecule is CC(CCO)c1ccc(N2C[C@H](NS(C)(=O)=O)[C@H]2C)c2cnc(Cl)cc12. The summed E-state index contributed by atoms with van der Waals surface area (Å²) in [7, 11) is -3.23. The van der Waals surface area contributed by atoms with E-state index in [-0.39, 0.29) is 24.6 Å². The maximum atomic E-state index is 11.5. The first-order valence-electron chi connectivity index (χ1n) is 8.64. The molecule has 1 saturated heterocycles. The molecule has 1 aromatic heterocycles. The molecule has 3 atom stereocenters. The molecule has 1 aromatic carbocycles. The Morgan fingerprint density at radius 3 is 2.77 bits per heavy atom. The summed E-state index contributed by atoms with van der Waals surface area (Å²) in [5, 5.41) is 11.7. The van der Waals surface area contributed by atoms with E-state index in [0.29, 0.717) is 18.1 Å². The van der Waals surface area contributed by atoms with Crippen LogP contribution in [0.5, 0.6) is 0 Å². The summed E-state index contributed by atoms with van der Waals surface area (Å²) in [5.74, 6) is 0.198. The Morgan fingerprint density at radius 1 is 1.42 bits per heavy atom. The second-order valence-electron chi connectivity index (χ2n) is 7.03. The van der Waals surface area contributed by atoms with Gasteiger partial charge in [-0.2, -0.15) is 0 Å². The van der Waals surface area contributed by atoms with Gasteiger partial charge in [-0.25, -0.2) is 18.1 Å². The molecule has 0 amide bonds. The molecule has 6 nitrogen and oxygen atoms in total. The highest BCUT2D eigenvalue weighted by Gasteiger charge is 2.38. The van der Waals surface area contributed by atoms with Crippen LogP contribution in [0.4, 0.5) is 5.69 Å². The van der Waals surface area contributed by atoms with Gasteiger partial charge >= 0.3 is 0 Å². The highest BCUT2D eigenvalue weighted by atomic mass is 35.5. The lowest BCUT2D eigenvalue weighted by atomic mass is 9.90. The van der Waals surface area contributed by atoms with Gasteiger partial charge in [0.2, 0.25) is 10.0 Å². The van der Waals surface area contributed by atoms with E-state index in [9.17, 15) is 13.5 Å². The van der Waals surface area contributed by atoms with Crippen LogP contribution >= 0.6 is 11.6 Å². The monoisotopic (exact) mass is 397 g/mol. The number of hydrogen-bond acceptors (Lipinski definition) is 5. The van der Waals surface area contributed by atoms with E-state index in [1.807, 2.05) is 19.1 Å². The summed E-state index contributed by atoms with van der Waals surface area (Å²) in [5.41, 5.74) is 2.14. The van der Waals surface area contributed by atoms with Crippen LogP contribution < -0.4 is 9.62 Å². The molecule has 1 unspecified atom stereocenters. The number of nitrogens with one attached hydrogen (secondary N) is 1. The summed E-state index contributed by atoms with van der Waals surface area (Å²) >= 11 is 6.13. The van der Waals surface area contributed by atoms with Crippen LogP contribution in [0.3, 0.4) is 0 Å². The van der Waals surface area contributed by atoms with E-state index < -0.39 is 10.0 Å². The molecule has 2 heterocycles. The van der Waals surface area contributed by atoms with Crippen LogP contribution in [-0.2, 0) is 10.0 Å². The molecule has 0 bridgehead atoms. The summed E-state index contributed by atoms with van der Waals surface area (Å²) in [6.07, 6.45) is 3.63. The first-order chi connectivity index (χ1) is 12.2. The number of rotatable bonds is 6. The van der Waals surface area contributed by atoms with Crippen LogP contribution in [-0.4, -0.2) is 50.0 Å². The Hall–Kier alpha value is -1.41. The number of sulfonamides is 1. The van der Waals surface area contributed by atoms with E-state index in [4.69, 9.17) is 11.6 Å². The maximum Gasteiger partial charge on any atom is 0.209 e. The Labute approximate surface area is 159 Å². The van der Waals surface area contributed by atoms with Gasteiger partial charge in [0.05, 0.1) is 12.3 Å². The molecule has 0 radical (unpaired) electrons. The lowest BCUT2D eigenvalue weighted by Crippen LogP contribution is -2.65. The topological polar surface area (TPSA) is 82.5 Å². The quantitative estimate of drug-likeness (QED) is 0.732. The molecule has 1 aliphatic rings. The largest absolute Gasteiger partial charge is 0.396 e. The zero-order valence-corrected chi connectivity index (χ0v) is 16.7. The van der Waals surface area contributed by atoms with Crippen molar-refractivity contribution in [2.45, 2.75) is 38.3 Å². The number of fused-ring (bicyclic) bond motifs is 1. The number of nitrogens with zero attached hydrogens (tertiary/aromatic N) is 2. The minimum atomic E-state index is -3.23. The van der Waals surface area contributed by atoms with Crippen molar-refractivity contribution >= 4 is 38.1 Å². The van der Waals surface area contributed by atoms with E-state index >= 15 is 0 Å². The molecular weight excluding hydrogens is 374 g/mol. The number of pyridine rings is 1. The van der Waals surface area contributed by atoms with Crippen molar-refractivity contribution in [1.82, 2.24) is 9.71 Å². The smallest absolute Gasteiger partial charge is 0.209 e. The van der Waals surface area contributed by atoms with Crippen molar-refractivity contribution in [3.63, 3.8) is 0 Å². The van der Waals surface area contributed by atoms with Gasteiger partial charge in [-0.15, -0.1) is 0 Å². The van der Waals surface area contributed by atoms with E-state index in [1.165, 1.54) is 6.26 Å². The standard InChI is InChI=1S/C18H24ClN3O3S/c1-11(6-7-23)13-4-5-17(15-9-20-18(19)8-14(13)15)22-10-16(12(22)2)21-26(3,24)25/h4-5,8-9,11-12,16,21,23H,6-7,10H2,1-3H3/t11?,12-,16+/m1/s1. The van der Waals surface area contributed by atoms with Crippen molar-refractivity contribution in [3.8, 4) is 0 Å². The predicted molar refractivity (Wildman–Crippen MR) is 105 cm³/mol. The molecule has 0 spiro atoms. The highest BCUT2D eigenvalue weighted by Crippen LogP contribution is 2.38. The average molecular weight is 398 g/mol. The van der Waals surface area contributed by atoms with E-state index in [2.05, 4.69) is 27.6 Å². The summed E-state index contributed by atoms with van der Waals surface area (Å²) in [6, 6.07) is 5.92. The second kappa shape index (κ2) is 7.31. The number of anilines is 1. The minimum Gasteiger partial charge on any atom is -0.396 e. The first-order valence-corrected chi connectivity index (χ1v) is 10.9. The Bertz CT molecular complexity index is 919. The fraction of sp³-hybridized carbons (Fsp3) is 0.500. The fourth-order valence-electron chi connectivity index (χ4n) is 3.59. The van der Waals surface area contributed by atoms with Gasteiger partial charge in [-0.05, 0) is 42.3 Å². The Morgan fingerprint density at radius 2 is 2.15 bits per heavy atom. The number of aliphatic hydroxyl groups excluding tert-OH is 1. The van der Waals surface area contributed by atoms with Gasteiger partial charge in [0.25, 0.3) is 0 Å². The third-order valence-corrected chi connectivity index (χ3v) is 6.05. The van der Waals surface area contributed by atoms with Gasteiger partial charge in [0, 0.05) is 36.5 Å².